The Kier molecular flexibility index (Phi) is 4.64. The summed E-state index contributed by atoms with van der Waals surface area (Å²) in [5.41, 5.74) is 7.53. The zero-order chi connectivity index (χ0) is 21.2. The van der Waals surface area contributed by atoms with Crippen LogP contribution in [0, 0.1) is 0 Å². The van der Waals surface area contributed by atoms with Gasteiger partial charge < -0.3 is 8.94 Å². The van der Waals surface area contributed by atoms with E-state index in [2.05, 4.69) is 21.0 Å². The number of carbonyl (C=O) groups is 2. The molecular formula is C23H16N4O4. The first-order valence-corrected chi connectivity index (χ1v) is 9.55. The number of furan rings is 1. The lowest BCUT2D eigenvalue weighted by Gasteiger charge is -2.10. The molecule has 3 heterocycles. The molecular weight excluding hydrogens is 396 g/mol. The van der Waals surface area contributed by atoms with E-state index in [4.69, 9.17) is 8.94 Å². The molecule has 0 spiro atoms. The van der Waals surface area contributed by atoms with Crippen molar-refractivity contribution >= 4 is 33.7 Å². The Labute approximate surface area is 175 Å². The van der Waals surface area contributed by atoms with E-state index < -0.39 is 11.8 Å². The van der Waals surface area contributed by atoms with Gasteiger partial charge in [-0.15, -0.1) is 0 Å². The number of nitrogens with one attached hydrogen (secondary N) is 2. The zero-order valence-corrected chi connectivity index (χ0v) is 16.2. The van der Waals surface area contributed by atoms with Gasteiger partial charge in [-0.1, -0.05) is 35.5 Å². The lowest BCUT2D eigenvalue weighted by molar-refractivity contribution is -0.121. The van der Waals surface area contributed by atoms with E-state index in [1.807, 2.05) is 36.4 Å². The molecule has 0 fully saturated rings. The number of fused-ring (bicyclic) bond motifs is 2. The smallest absolute Gasteiger partial charge is 0.270 e. The largest absolute Gasteiger partial charge is 0.463 e. The lowest BCUT2D eigenvalue weighted by atomic mass is 10.1. The Morgan fingerprint density at radius 2 is 1.71 bits per heavy atom. The fourth-order valence-electron chi connectivity index (χ4n) is 3.37. The first kappa shape index (κ1) is 18.6. The Morgan fingerprint density at radius 1 is 0.903 bits per heavy atom. The Bertz CT molecular complexity index is 1410. The summed E-state index contributed by atoms with van der Waals surface area (Å²) >= 11 is 0. The van der Waals surface area contributed by atoms with Crippen LogP contribution in [0.2, 0.25) is 0 Å². The number of para-hydroxylation sites is 2. The van der Waals surface area contributed by atoms with Gasteiger partial charge in [-0.2, -0.15) is 0 Å². The van der Waals surface area contributed by atoms with Crippen molar-refractivity contribution < 1.29 is 18.5 Å². The van der Waals surface area contributed by atoms with Crippen molar-refractivity contribution in [1.29, 1.82) is 0 Å². The number of carbonyl (C=O) groups excluding carboxylic acids is 2. The molecule has 0 radical (unpaired) electrons. The highest BCUT2D eigenvalue weighted by Crippen LogP contribution is 2.25. The van der Waals surface area contributed by atoms with Gasteiger partial charge in [0.15, 0.2) is 11.3 Å². The van der Waals surface area contributed by atoms with Crippen LogP contribution < -0.4 is 10.9 Å². The fraction of sp³-hybridized carbons (Fsp3) is 0.0435. The van der Waals surface area contributed by atoms with Crippen molar-refractivity contribution in [2.75, 3.05) is 0 Å². The number of pyridine rings is 1. The maximum absolute atomic E-state index is 12.9. The summed E-state index contributed by atoms with van der Waals surface area (Å²) in [7, 11) is 0. The highest BCUT2D eigenvalue weighted by atomic mass is 16.5. The van der Waals surface area contributed by atoms with Crippen LogP contribution in [0.3, 0.4) is 0 Å². The van der Waals surface area contributed by atoms with Crippen molar-refractivity contribution in [3.05, 3.63) is 84.3 Å². The number of nitrogens with zero attached hydrogens (tertiary/aromatic N) is 2. The van der Waals surface area contributed by atoms with Crippen LogP contribution in [0.15, 0.2) is 81.9 Å². The molecule has 31 heavy (non-hydrogen) atoms. The highest BCUT2D eigenvalue weighted by Gasteiger charge is 2.17. The number of hydrogen-bond acceptors (Lipinski definition) is 6. The van der Waals surface area contributed by atoms with Gasteiger partial charge in [0.1, 0.15) is 11.4 Å². The van der Waals surface area contributed by atoms with Crippen molar-refractivity contribution in [2.24, 2.45) is 0 Å². The number of hydrogen-bond donors (Lipinski definition) is 2. The summed E-state index contributed by atoms with van der Waals surface area (Å²) in [6.45, 7) is 0. The van der Waals surface area contributed by atoms with Crippen LogP contribution in [0.5, 0.6) is 0 Å². The van der Waals surface area contributed by atoms with E-state index in [0.717, 1.165) is 5.39 Å². The average Bonchev–Trinajstić information content (AvgIpc) is 3.48. The van der Waals surface area contributed by atoms with Gasteiger partial charge in [0, 0.05) is 10.8 Å². The summed E-state index contributed by atoms with van der Waals surface area (Å²) in [5, 5.41) is 5.35. The molecule has 0 saturated heterocycles. The first-order chi connectivity index (χ1) is 15.2. The second-order valence-corrected chi connectivity index (χ2v) is 6.85. The van der Waals surface area contributed by atoms with Crippen LogP contribution >= 0.6 is 0 Å². The van der Waals surface area contributed by atoms with Gasteiger partial charge in [0.2, 0.25) is 5.91 Å². The Balaban J connectivity index is 1.36. The van der Waals surface area contributed by atoms with E-state index in [9.17, 15) is 9.59 Å². The van der Waals surface area contributed by atoms with Crippen molar-refractivity contribution in [3.63, 3.8) is 0 Å². The van der Waals surface area contributed by atoms with Crippen LogP contribution in [0.1, 0.15) is 16.1 Å². The molecule has 2 N–H and O–H groups in total. The quantitative estimate of drug-likeness (QED) is 0.436. The summed E-state index contributed by atoms with van der Waals surface area (Å²) in [4.78, 5) is 29.8. The second-order valence-electron chi connectivity index (χ2n) is 6.85. The number of hydrazine groups is 1. The molecule has 0 aliphatic carbocycles. The number of amides is 2. The second kappa shape index (κ2) is 7.75. The maximum atomic E-state index is 12.9. The molecule has 0 bridgehead atoms. The Hall–Kier alpha value is -4.46. The van der Waals surface area contributed by atoms with Gasteiger partial charge in [0.25, 0.3) is 5.91 Å². The lowest BCUT2D eigenvalue weighted by Crippen LogP contribution is -2.42. The summed E-state index contributed by atoms with van der Waals surface area (Å²) < 4.78 is 10.6. The number of rotatable bonds is 4. The van der Waals surface area contributed by atoms with Gasteiger partial charge in [0.05, 0.1) is 23.8 Å². The third-order valence-electron chi connectivity index (χ3n) is 4.83. The monoisotopic (exact) mass is 412 g/mol. The van der Waals surface area contributed by atoms with Crippen molar-refractivity contribution in [3.8, 4) is 11.5 Å². The minimum atomic E-state index is -0.468. The molecule has 3 aromatic heterocycles. The molecule has 0 unspecified atom stereocenters. The van der Waals surface area contributed by atoms with E-state index in [1.165, 1.54) is 0 Å². The molecule has 8 heteroatoms. The first-order valence-electron chi connectivity index (χ1n) is 9.55. The van der Waals surface area contributed by atoms with E-state index in [-0.39, 0.29) is 6.42 Å². The average molecular weight is 412 g/mol. The number of aromatic nitrogens is 2. The standard InChI is InChI=1S/C23H16N4O4/c28-22(13-18-15-7-2-4-9-20(15)31-27-18)25-26-23(29)16-12-19(21-10-5-11-30-21)24-17-8-3-1-6-14(16)17/h1-12H,13H2,(H,25,28)(H,26,29). The molecule has 152 valence electrons. The number of benzene rings is 2. The van der Waals surface area contributed by atoms with Crippen molar-refractivity contribution in [2.45, 2.75) is 6.42 Å². The molecule has 2 aromatic carbocycles. The van der Waals surface area contributed by atoms with E-state index in [1.54, 1.807) is 36.6 Å². The van der Waals surface area contributed by atoms with Crippen LogP contribution in [0.25, 0.3) is 33.3 Å². The maximum Gasteiger partial charge on any atom is 0.270 e. The molecule has 5 rings (SSSR count). The van der Waals surface area contributed by atoms with E-state index >= 15 is 0 Å². The van der Waals surface area contributed by atoms with Crippen LogP contribution in [0.4, 0.5) is 0 Å². The van der Waals surface area contributed by atoms with E-state index in [0.29, 0.717) is 39.2 Å². The molecule has 2 amide bonds. The van der Waals surface area contributed by atoms with Gasteiger partial charge in [-0.3, -0.25) is 20.4 Å². The predicted molar refractivity (Wildman–Crippen MR) is 113 cm³/mol. The summed E-state index contributed by atoms with van der Waals surface area (Å²) in [5.74, 6) is -0.344. The summed E-state index contributed by atoms with van der Waals surface area (Å²) in [6, 6.07) is 19.7. The molecule has 0 aliphatic heterocycles. The minimum Gasteiger partial charge on any atom is -0.463 e. The third-order valence-corrected chi connectivity index (χ3v) is 4.83. The highest BCUT2D eigenvalue weighted by molar-refractivity contribution is 6.07. The molecule has 8 nitrogen and oxygen atoms in total. The van der Waals surface area contributed by atoms with Crippen LogP contribution in [-0.2, 0) is 11.2 Å². The predicted octanol–water partition coefficient (Wildman–Crippen LogP) is 3.64. The molecule has 0 saturated carbocycles. The molecule has 0 atom stereocenters. The third kappa shape index (κ3) is 3.62. The summed E-state index contributed by atoms with van der Waals surface area (Å²) in [6.07, 6.45) is 1.51. The Morgan fingerprint density at radius 3 is 2.55 bits per heavy atom. The fourth-order valence-corrected chi connectivity index (χ4v) is 3.37. The van der Waals surface area contributed by atoms with Gasteiger partial charge in [-0.25, -0.2) is 4.98 Å². The normalized spacial score (nSPS) is 11.0. The zero-order valence-electron chi connectivity index (χ0n) is 16.2. The van der Waals surface area contributed by atoms with Gasteiger partial charge in [-0.05, 0) is 36.4 Å². The minimum absolute atomic E-state index is 0.0357. The topological polar surface area (TPSA) is 110 Å². The SMILES string of the molecule is O=C(Cc1noc2ccccc12)NNC(=O)c1cc(-c2ccco2)nc2ccccc12. The molecule has 5 aromatic rings. The van der Waals surface area contributed by atoms with Crippen molar-refractivity contribution in [1.82, 2.24) is 21.0 Å². The molecule has 0 aliphatic rings. The van der Waals surface area contributed by atoms with Crippen LogP contribution in [-0.4, -0.2) is 22.0 Å². The van der Waals surface area contributed by atoms with Gasteiger partial charge >= 0.3 is 0 Å².